The maximum absolute atomic E-state index is 10.7. The summed E-state index contributed by atoms with van der Waals surface area (Å²) in [6.07, 6.45) is 3.17. The van der Waals surface area contributed by atoms with Gasteiger partial charge >= 0.3 is 5.97 Å². The number of nitrogens with zero attached hydrogens (tertiary/aromatic N) is 2. The van der Waals surface area contributed by atoms with E-state index in [-0.39, 0.29) is 6.54 Å². The Labute approximate surface area is 105 Å². The van der Waals surface area contributed by atoms with Gasteiger partial charge in [-0.1, -0.05) is 6.92 Å². The van der Waals surface area contributed by atoms with Gasteiger partial charge in [0.25, 0.3) is 0 Å². The molecule has 1 aliphatic heterocycles. The predicted molar refractivity (Wildman–Crippen MR) is 67.5 cm³/mol. The van der Waals surface area contributed by atoms with E-state index in [2.05, 4.69) is 17.3 Å². The molecule has 1 aliphatic rings. The number of thiazole rings is 1. The Balaban J connectivity index is 1.99. The van der Waals surface area contributed by atoms with E-state index in [1.165, 1.54) is 5.01 Å². The van der Waals surface area contributed by atoms with Gasteiger partial charge in [0.2, 0.25) is 0 Å². The first-order chi connectivity index (χ1) is 8.19. The number of hydrogen-bond donors (Lipinski definition) is 1. The second-order valence-electron chi connectivity index (χ2n) is 4.50. The third kappa shape index (κ3) is 3.26. The highest BCUT2D eigenvalue weighted by atomic mass is 32.1. The lowest BCUT2D eigenvalue weighted by Gasteiger charge is -2.30. The number of aromatic nitrogens is 1. The third-order valence-corrected chi connectivity index (χ3v) is 4.20. The normalized spacial score (nSPS) is 21.6. The SMILES string of the molecule is CCc1csc([C@@H]2CCCN(CC(=O)O)C2)n1. The summed E-state index contributed by atoms with van der Waals surface area (Å²) in [5.74, 6) is -0.313. The smallest absolute Gasteiger partial charge is 0.317 e. The molecule has 1 fully saturated rings. The molecule has 0 aromatic carbocycles. The van der Waals surface area contributed by atoms with Crippen molar-refractivity contribution < 1.29 is 9.90 Å². The van der Waals surface area contributed by atoms with Crippen LogP contribution < -0.4 is 0 Å². The Kier molecular flexibility index (Phi) is 4.12. The highest BCUT2D eigenvalue weighted by Crippen LogP contribution is 2.29. The van der Waals surface area contributed by atoms with Crippen molar-refractivity contribution in [2.45, 2.75) is 32.1 Å². The quantitative estimate of drug-likeness (QED) is 0.892. The Morgan fingerprint density at radius 3 is 3.18 bits per heavy atom. The lowest BCUT2D eigenvalue weighted by Crippen LogP contribution is -2.37. The number of piperidine rings is 1. The average molecular weight is 254 g/mol. The molecule has 94 valence electrons. The third-order valence-electron chi connectivity index (χ3n) is 3.15. The standard InChI is InChI=1S/C12H18N2O2S/c1-2-10-8-17-12(13-10)9-4-3-5-14(6-9)7-11(15)16/h8-9H,2-7H2,1H3,(H,15,16)/t9-/m1/s1. The zero-order valence-electron chi connectivity index (χ0n) is 10.1. The largest absolute Gasteiger partial charge is 0.480 e. The monoisotopic (exact) mass is 254 g/mol. The predicted octanol–water partition coefficient (Wildman–Crippen LogP) is 1.97. The van der Waals surface area contributed by atoms with Crippen molar-refractivity contribution in [2.24, 2.45) is 0 Å². The number of rotatable bonds is 4. The minimum atomic E-state index is -0.737. The number of likely N-dealkylation sites (tertiary alicyclic amines) is 1. The van der Waals surface area contributed by atoms with Gasteiger partial charge in [0.05, 0.1) is 17.2 Å². The van der Waals surface area contributed by atoms with E-state index < -0.39 is 5.97 Å². The Hall–Kier alpha value is -0.940. The fourth-order valence-electron chi connectivity index (χ4n) is 2.26. The van der Waals surface area contributed by atoms with Gasteiger partial charge in [-0.05, 0) is 25.8 Å². The van der Waals surface area contributed by atoms with Crippen LogP contribution in [0, 0.1) is 0 Å². The molecule has 1 saturated heterocycles. The van der Waals surface area contributed by atoms with E-state index in [4.69, 9.17) is 5.11 Å². The summed E-state index contributed by atoms with van der Waals surface area (Å²) in [5, 5.41) is 12.1. The lowest BCUT2D eigenvalue weighted by atomic mass is 9.99. The van der Waals surface area contributed by atoms with Crippen LogP contribution >= 0.6 is 11.3 Å². The minimum Gasteiger partial charge on any atom is -0.480 e. The summed E-state index contributed by atoms with van der Waals surface area (Å²) in [6.45, 7) is 4.00. The van der Waals surface area contributed by atoms with Gasteiger partial charge in [0.15, 0.2) is 0 Å². The van der Waals surface area contributed by atoms with Crippen molar-refractivity contribution in [1.82, 2.24) is 9.88 Å². The second-order valence-corrected chi connectivity index (χ2v) is 5.39. The Bertz CT molecular complexity index is 392. The van der Waals surface area contributed by atoms with Crippen molar-refractivity contribution >= 4 is 17.3 Å². The summed E-state index contributed by atoms with van der Waals surface area (Å²) >= 11 is 1.72. The molecule has 1 atom stereocenters. The van der Waals surface area contributed by atoms with Crippen LogP contribution in [0.2, 0.25) is 0 Å². The molecule has 17 heavy (non-hydrogen) atoms. The van der Waals surface area contributed by atoms with Crippen molar-refractivity contribution in [3.8, 4) is 0 Å². The molecule has 0 aliphatic carbocycles. The number of carboxylic acids is 1. The van der Waals surface area contributed by atoms with Crippen LogP contribution in [-0.4, -0.2) is 40.6 Å². The maximum Gasteiger partial charge on any atom is 0.317 e. The molecule has 0 saturated carbocycles. The summed E-state index contributed by atoms with van der Waals surface area (Å²) in [6, 6.07) is 0. The number of aryl methyl sites for hydroxylation is 1. The number of aliphatic carboxylic acids is 1. The van der Waals surface area contributed by atoms with Crippen LogP contribution in [0.25, 0.3) is 0 Å². The molecule has 0 radical (unpaired) electrons. The number of hydrogen-bond acceptors (Lipinski definition) is 4. The van der Waals surface area contributed by atoms with Gasteiger partial charge < -0.3 is 5.11 Å². The molecule has 5 heteroatoms. The van der Waals surface area contributed by atoms with Crippen LogP contribution in [-0.2, 0) is 11.2 Å². The van der Waals surface area contributed by atoms with Crippen LogP contribution in [0.5, 0.6) is 0 Å². The minimum absolute atomic E-state index is 0.155. The number of carboxylic acid groups (broad SMARTS) is 1. The van der Waals surface area contributed by atoms with Crippen molar-refractivity contribution in [2.75, 3.05) is 19.6 Å². The molecule has 4 nitrogen and oxygen atoms in total. The molecule has 1 aromatic heterocycles. The van der Waals surface area contributed by atoms with Gasteiger partial charge in [-0.3, -0.25) is 9.69 Å². The van der Waals surface area contributed by atoms with Gasteiger partial charge in [0.1, 0.15) is 0 Å². The maximum atomic E-state index is 10.7. The van der Waals surface area contributed by atoms with Crippen molar-refractivity contribution in [3.63, 3.8) is 0 Å². The summed E-state index contributed by atoms with van der Waals surface area (Å²) in [4.78, 5) is 17.3. The number of carbonyl (C=O) groups is 1. The summed E-state index contributed by atoms with van der Waals surface area (Å²) in [7, 11) is 0. The molecule has 0 spiro atoms. The first-order valence-corrected chi connectivity index (χ1v) is 6.95. The van der Waals surface area contributed by atoms with Gasteiger partial charge in [-0.2, -0.15) is 0 Å². The van der Waals surface area contributed by atoms with Gasteiger partial charge in [-0.15, -0.1) is 11.3 Å². The molecular weight excluding hydrogens is 236 g/mol. The van der Waals surface area contributed by atoms with Crippen molar-refractivity contribution in [1.29, 1.82) is 0 Å². The topological polar surface area (TPSA) is 53.4 Å². The fourth-order valence-corrected chi connectivity index (χ4v) is 3.30. The van der Waals surface area contributed by atoms with Crippen LogP contribution in [0.15, 0.2) is 5.38 Å². The molecule has 0 unspecified atom stereocenters. The van der Waals surface area contributed by atoms with E-state index in [1.54, 1.807) is 11.3 Å². The second kappa shape index (κ2) is 5.60. The van der Waals surface area contributed by atoms with Crippen LogP contribution in [0.4, 0.5) is 0 Å². The molecule has 0 bridgehead atoms. The lowest BCUT2D eigenvalue weighted by molar-refractivity contribution is -0.138. The average Bonchev–Trinajstić information content (AvgIpc) is 2.77. The van der Waals surface area contributed by atoms with Crippen LogP contribution in [0.3, 0.4) is 0 Å². The van der Waals surface area contributed by atoms with Gasteiger partial charge in [-0.25, -0.2) is 4.98 Å². The Morgan fingerprint density at radius 2 is 2.53 bits per heavy atom. The molecule has 2 rings (SSSR count). The highest BCUT2D eigenvalue weighted by Gasteiger charge is 2.24. The van der Waals surface area contributed by atoms with Gasteiger partial charge in [0, 0.05) is 17.8 Å². The zero-order valence-corrected chi connectivity index (χ0v) is 10.9. The van der Waals surface area contributed by atoms with E-state index in [0.29, 0.717) is 5.92 Å². The Morgan fingerprint density at radius 1 is 1.71 bits per heavy atom. The zero-order chi connectivity index (χ0) is 12.3. The molecule has 0 amide bonds. The fraction of sp³-hybridized carbons (Fsp3) is 0.667. The summed E-state index contributed by atoms with van der Waals surface area (Å²) < 4.78 is 0. The van der Waals surface area contributed by atoms with Crippen LogP contribution in [0.1, 0.15) is 36.4 Å². The van der Waals surface area contributed by atoms with E-state index >= 15 is 0 Å². The van der Waals surface area contributed by atoms with E-state index in [1.807, 2.05) is 4.90 Å². The molecular formula is C12H18N2O2S. The molecule has 2 heterocycles. The van der Waals surface area contributed by atoms with E-state index in [9.17, 15) is 4.79 Å². The summed E-state index contributed by atoms with van der Waals surface area (Å²) in [5.41, 5.74) is 1.15. The highest BCUT2D eigenvalue weighted by molar-refractivity contribution is 7.09. The molecule has 1 aromatic rings. The van der Waals surface area contributed by atoms with Crippen molar-refractivity contribution in [3.05, 3.63) is 16.1 Å². The first kappa shape index (κ1) is 12.5. The molecule has 1 N–H and O–H groups in total. The van der Waals surface area contributed by atoms with E-state index in [0.717, 1.165) is 38.0 Å². The first-order valence-electron chi connectivity index (χ1n) is 6.07.